The third kappa shape index (κ3) is 2.52. The third-order valence-electron chi connectivity index (χ3n) is 3.44. The number of rotatable bonds is 3. The Morgan fingerprint density at radius 3 is 3.15 bits per heavy atom. The van der Waals surface area contributed by atoms with Crippen LogP contribution in [0.3, 0.4) is 0 Å². The van der Waals surface area contributed by atoms with Crippen LogP contribution in [0.1, 0.15) is 28.3 Å². The van der Waals surface area contributed by atoms with Gasteiger partial charge in [-0.2, -0.15) is 5.10 Å². The molecule has 2 aromatic rings. The molecular formula is C15H16N2O3. The van der Waals surface area contributed by atoms with Crippen LogP contribution in [-0.4, -0.2) is 29.0 Å². The van der Waals surface area contributed by atoms with Gasteiger partial charge in [0.1, 0.15) is 5.75 Å². The molecule has 0 bridgehead atoms. The first-order valence-corrected chi connectivity index (χ1v) is 6.61. The lowest BCUT2D eigenvalue weighted by atomic mass is 9.94. The number of para-hydroxylation sites is 1. The molecule has 2 heterocycles. The highest BCUT2D eigenvalue weighted by molar-refractivity contribution is 5.88. The van der Waals surface area contributed by atoms with Gasteiger partial charge >= 0.3 is 5.97 Å². The molecule has 1 aromatic heterocycles. The van der Waals surface area contributed by atoms with Gasteiger partial charge in [-0.05, 0) is 12.5 Å². The molecule has 0 fully saturated rings. The number of hydrogen-bond donors (Lipinski definition) is 0. The van der Waals surface area contributed by atoms with E-state index in [0.29, 0.717) is 18.8 Å². The summed E-state index contributed by atoms with van der Waals surface area (Å²) in [4.78, 5) is 11.9. The Balaban J connectivity index is 1.66. The van der Waals surface area contributed by atoms with Crippen LogP contribution in [0.5, 0.6) is 5.75 Å². The smallest absolute Gasteiger partial charge is 0.341 e. The lowest BCUT2D eigenvalue weighted by Crippen LogP contribution is -2.20. The van der Waals surface area contributed by atoms with Gasteiger partial charge in [-0.15, -0.1) is 0 Å². The molecule has 0 amide bonds. The monoisotopic (exact) mass is 272 g/mol. The maximum Gasteiger partial charge on any atom is 0.341 e. The summed E-state index contributed by atoms with van der Waals surface area (Å²) in [6, 6.07) is 7.90. The molecule has 1 unspecified atom stereocenters. The van der Waals surface area contributed by atoms with Crippen LogP contribution in [-0.2, 0) is 11.8 Å². The quantitative estimate of drug-likeness (QED) is 0.803. The second-order valence-corrected chi connectivity index (χ2v) is 4.87. The molecule has 104 valence electrons. The van der Waals surface area contributed by atoms with E-state index in [1.165, 1.54) is 6.20 Å². The van der Waals surface area contributed by atoms with Gasteiger partial charge in [-0.25, -0.2) is 4.79 Å². The highest BCUT2D eigenvalue weighted by atomic mass is 16.5. The van der Waals surface area contributed by atoms with Crippen molar-refractivity contribution < 1.29 is 14.3 Å². The molecule has 0 saturated heterocycles. The maximum absolute atomic E-state index is 11.9. The minimum absolute atomic E-state index is 0.195. The predicted octanol–water partition coefficient (Wildman–Crippen LogP) is 2.14. The van der Waals surface area contributed by atoms with E-state index in [1.807, 2.05) is 24.3 Å². The lowest BCUT2D eigenvalue weighted by molar-refractivity contribution is 0.0459. The van der Waals surface area contributed by atoms with Crippen molar-refractivity contribution in [2.75, 3.05) is 13.2 Å². The van der Waals surface area contributed by atoms with E-state index in [4.69, 9.17) is 9.47 Å². The number of carbonyl (C=O) groups excluding carboxylic acids is 1. The fraction of sp³-hybridized carbons (Fsp3) is 0.333. The van der Waals surface area contributed by atoms with Gasteiger partial charge in [-0.3, -0.25) is 4.68 Å². The molecule has 0 aliphatic carbocycles. The van der Waals surface area contributed by atoms with Crippen molar-refractivity contribution in [3.8, 4) is 5.75 Å². The van der Waals surface area contributed by atoms with E-state index >= 15 is 0 Å². The zero-order chi connectivity index (χ0) is 13.9. The fourth-order valence-corrected chi connectivity index (χ4v) is 2.38. The van der Waals surface area contributed by atoms with Crippen molar-refractivity contribution in [1.82, 2.24) is 9.78 Å². The van der Waals surface area contributed by atoms with Crippen molar-refractivity contribution in [1.29, 1.82) is 0 Å². The average molecular weight is 272 g/mol. The molecule has 1 aliphatic heterocycles. The second kappa shape index (κ2) is 5.36. The average Bonchev–Trinajstić information content (AvgIpc) is 2.91. The summed E-state index contributed by atoms with van der Waals surface area (Å²) >= 11 is 0. The topological polar surface area (TPSA) is 53.4 Å². The van der Waals surface area contributed by atoms with Gasteiger partial charge in [0.25, 0.3) is 0 Å². The maximum atomic E-state index is 11.9. The number of aromatic nitrogens is 2. The highest BCUT2D eigenvalue weighted by Crippen LogP contribution is 2.33. The molecule has 1 atom stereocenters. The Morgan fingerprint density at radius 2 is 2.35 bits per heavy atom. The summed E-state index contributed by atoms with van der Waals surface area (Å²) in [7, 11) is 1.77. The highest BCUT2D eigenvalue weighted by Gasteiger charge is 2.22. The summed E-state index contributed by atoms with van der Waals surface area (Å²) in [5.41, 5.74) is 1.59. The Kier molecular flexibility index (Phi) is 3.41. The Labute approximate surface area is 117 Å². The second-order valence-electron chi connectivity index (χ2n) is 4.87. The molecule has 3 rings (SSSR count). The molecule has 5 heteroatoms. The Hall–Kier alpha value is -2.30. The van der Waals surface area contributed by atoms with E-state index in [9.17, 15) is 4.79 Å². The van der Waals surface area contributed by atoms with Crippen LogP contribution >= 0.6 is 0 Å². The third-order valence-corrected chi connectivity index (χ3v) is 3.44. The summed E-state index contributed by atoms with van der Waals surface area (Å²) in [6.45, 7) is 1.03. The lowest BCUT2D eigenvalue weighted by Gasteiger charge is -2.25. The van der Waals surface area contributed by atoms with Crippen molar-refractivity contribution in [3.05, 3.63) is 47.8 Å². The number of benzene rings is 1. The number of esters is 1. The zero-order valence-corrected chi connectivity index (χ0v) is 11.3. The first kappa shape index (κ1) is 12.7. The molecule has 1 aliphatic rings. The van der Waals surface area contributed by atoms with Gasteiger partial charge in [-0.1, -0.05) is 18.2 Å². The van der Waals surface area contributed by atoms with Crippen LogP contribution in [0.15, 0.2) is 36.7 Å². The van der Waals surface area contributed by atoms with Gasteiger partial charge in [0.05, 0.1) is 25.0 Å². The van der Waals surface area contributed by atoms with E-state index < -0.39 is 0 Å². The largest absolute Gasteiger partial charge is 0.493 e. The first-order valence-electron chi connectivity index (χ1n) is 6.61. The number of ether oxygens (including phenoxy) is 2. The molecule has 0 spiro atoms. The molecule has 20 heavy (non-hydrogen) atoms. The minimum Gasteiger partial charge on any atom is -0.493 e. The van der Waals surface area contributed by atoms with Crippen LogP contribution in [0.4, 0.5) is 0 Å². The molecule has 1 aromatic carbocycles. The van der Waals surface area contributed by atoms with E-state index in [-0.39, 0.29) is 11.9 Å². The molecular weight excluding hydrogens is 256 g/mol. The minimum atomic E-state index is -0.331. The molecule has 0 radical (unpaired) electrons. The molecule has 0 N–H and O–H groups in total. The SMILES string of the molecule is Cn1cc(C(=O)OCC2CCOc3ccccc32)cn1. The van der Waals surface area contributed by atoms with Crippen molar-refractivity contribution in [2.45, 2.75) is 12.3 Å². The summed E-state index contributed by atoms with van der Waals surface area (Å²) in [5, 5.41) is 3.96. The predicted molar refractivity (Wildman–Crippen MR) is 72.8 cm³/mol. The zero-order valence-electron chi connectivity index (χ0n) is 11.3. The van der Waals surface area contributed by atoms with Crippen molar-refractivity contribution >= 4 is 5.97 Å². The van der Waals surface area contributed by atoms with Crippen molar-refractivity contribution in [2.24, 2.45) is 7.05 Å². The number of carbonyl (C=O) groups is 1. The van der Waals surface area contributed by atoms with Crippen LogP contribution < -0.4 is 4.74 Å². The van der Waals surface area contributed by atoms with Crippen molar-refractivity contribution in [3.63, 3.8) is 0 Å². The normalized spacial score (nSPS) is 17.1. The number of aryl methyl sites for hydroxylation is 1. The number of fused-ring (bicyclic) bond motifs is 1. The fourth-order valence-electron chi connectivity index (χ4n) is 2.38. The van der Waals surface area contributed by atoms with E-state index in [0.717, 1.165) is 17.7 Å². The molecule has 0 saturated carbocycles. The summed E-state index contributed by atoms with van der Waals surface area (Å²) in [6.07, 6.45) is 4.03. The summed E-state index contributed by atoms with van der Waals surface area (Å²) in [5.74, 6) is 0.754. The van der Waals surface area contributed by atoms with Gasteiger partial charge < -0.3 is 9.47 Å². The van der Waals surface area contributed by atoms with Gasteiger partial charge in [0.15, 0.2) is 0 Å². The van der Waals surface area contributed by atoms with Crippen LogP contribution in [0, 0.1) is 0 Å². The summed E-state index contributed by atoms with van der Waals surface area (Å²) < 4.78 is 12.6. The van der Waals surface area contributed by atoms with Crippen LogP contribution in [0.25, 0.3) is 0 Å². The van der Waals surface area contributed by atoms with Gasteiger partial charge in [0, 0.05) is 24.7 Å². The first-order chi connectivity index (χ1) is 9.74. The van der Waals surface area contributed by atoms with Gasteiger partial charge in [0.2, 0.25) is 0 Å². The number of hydrogen-bond acceptors (Lipinski definition) is 4. The van der Waals surface area contributed by atoms with Crippen LogP contribution in [0.2, 0.25) is 0 Å². The Morgan fingerprint density at radius 1 is 1.50 bits per heavy atom. The van der Waals surface area contributed by atoms with E-state index in [1.54, 1.807) is 17.9 Å². The number of nitrogens with zero attached hydrogens (tertiary/aromatic N) is 2. The Bertz CT molecular complexity index is 621. The molecule has 5 nitrogen and oxygen atoms in total. The standard InChI is InChI=1S/C15H16N2O3/c1-17-9-12(8-16-17)15(18)20-10-11-6-7-19-14-5-3-2-4-13(11)14/h2-5,8-9,11H,6-7,10H2,1H3. The van der Waals surface area contributed by atoms with E-state index in [2.05, 4.69) is 5.10 Å².